The van der Waals surface area contributed by atoms with E-state index in [0.717, 1.165) is 33.8 Å². The Labute approximate surface area is 160 Å². The van der Waals surface area contributed by atoms with Crippen molar-refractivity contribution in [3.63, 3.8) is 0 Å². The molecule has 0 atom stereocenters. The fraction of sp³-hybridized carbons (Fsp3) is 0.316. The summed E-state index contributed by atoms with van der Waals surface area (Å²) in [5, 5.41) is 11.1. The van der Waals surface area contributed by atoms with Crippen LogP contribution in [-0.4, -0.2) is 34.1 Å². The van der Waals surface area contributed by atoms with Crippen molar-refractivity contribution in [1.82, 2.24) is 9.55 Å². The summed E-state index contributed by atoms with van der Waals surface area (Å²) in [4.78, 5) is 17.1. The monoisotopic (exact) mass is 385 g/mol. The predicted molar refractivity (Wildman–Crippen MR) is 107 cm³/mol. The smallest absolute Gasteiger partial charge is 0.350 e. The highest BCUT2D eigenvalue weighted by molar-refractivity contribution is 7.98. The lowest BCUT2D eigenvalue weighted by atomic mass is 10.1. The molecule has 0 spiro atoms. The molecule has 0 radical (unpaired) electrons. The van der Waals surface area contributed by atoms with Gasteiger partial charge in [-0.3, -0.25) is 0 Å². The van der Waals surface area contributed by atoms with Crippen LogP contribution in [0, 0.1) is 18.3 Å². The van der Waals surface area contributed by atoms with E-state index in [1.54, 1.807) is 18.7 Å². The molecule has 0 saturated heterocycles. The highest BCUT2D eigenvalue weighted by Gasteiger charge is 2.18. The van der Waals surface area contributed by atoms with Crippen LogP contribution in [0.3, 0.4) is 0 Å². The van der Waals surface area contributed by atoms with Crippen LogP contribution in [0.1, 0.15) is 27.9 Å². The number of carbonyl (C=O) groups excluding carboxylic acids is 1. The Kier molecular flexibility index (Phi) is 5.64. The topological polar surface area (TPSA) is 67.9 Å². The first-order valence-corrected chi connectivity index (χ1v) is 10.5. The SMILES string of the molecule is CCOC(=O)c1sc(-c2ccc3c(c2)c(C#N)cn3CCSC)nc1C. The van der Waals surface area contributed by atoms with Crippen molar-refractivity contribution in [2.45, 2.75) is 20.4 Å². The van der Waals surface area contributed by atoms with Crippen molar-refractivity contribution in [2.75, 3.05) is 18.6 Å². The van der Waals surface area contributed by atoms with Gasteiger partial charge in [-0.25, -0.2) is 9.78 Å². The van der Waals surface area contributed by atoms with Gasteiger partial charge in [0, 0.05) is 35.0 Å². The molecular weight excluding hydrogens is 366 g/mol. The molecule has 3 aromatic rings. The number of fused-ring (bicyclic) bond motifs is 1. The van der Waals surface area contributed by atoms with Crippen LogP contribution in [0.2, 0.25) is 0 Å². The van der Waals surface area contributed by atoms with Crippen LogP contribution < -0.4 is 0 Å². The van der Waals surface area contributed by atoms with Gasteiger partial charge in [0.2, 0.25) is 0 Å². The molecule has 0 amide bonds. The van der Waals surface area contributed by atoms with E-state index >= 15 is 0 Å². The average Bonchev–Trinajstić information content (AvgIpc) is 3.20. The summed E-state index contributed by atoms with van der Waals surface area (Å²) < 4.78 is 7.21. The quantitative estimate of drug-likeness (QED) is 0.585. The molecule has 0 N–H and O–H groups in total. The number of aryl methyl sites for hydroxylation is 2. The van der Waals surface area contributed by atoms with Gasteiger partial charge in [-0.2, -0.15) is 17.0 Å². The molecule has 2 heterocycles. The van der Waals surface area contributed by atoms with Gasteiger partial charge >= 0.3 is 5.97 Å². The van der Waals surface area contributed by atoms with E-state index in [9.17, 15) is 10.1 Å². The number of hydrogen-bond acceptors (Lipinski definition) is 6. The highest BCUT2D eigenvalue weighted by Crippen LogP contribution is 2.32. The Morgan fingerprint density at radius 2 is 2.27 bits per heavy atom. The summed E-state index contributed by atoms with van der Waals surface area (Å²) in [5.74, 6) is 0.654. The van der Waals surface area contributed by atoms with Crippen LogP contribution in [-0.2, 0) is 11.3 Å². The van der Waals surface area contributed by atoms with Crippen LogP contribution in [0.4, 0.5) is 0 Å². The van der Waals surface area contributed by atoms with Crippen LogP contribution in [0.5, 0.6) is 0 Å². The first-order chi connectivity index (χ1) is 12.6. The Balaban J connectivity index is 2.03. The zero-order valence-corrected chi connectivity index (χ0v) is 16.5. The number of nitriles is 1. The summed E-state index contributed by atoms with van der Waals surface area (Å²) in [6.07, 6.45) is 3.97. The Morgan fingerprint density at radius 1 is 1.46 bits per heavy atom. The molecular formula is C19H19N3O2S2. The normalized spacial score (nSPS) is 10.8. The third-order valence-corrected chi connectivity index (χ3v) is 5.82. The average molecular weight is 386 g/mol. The van der Waals surface area contributed by atoms with E-state index in [-0.39, 0.29) is 5.97 Å². The number of hydrogen-bond donors (Lipinski definition) is 0. The molecule has 26 heavy (non-hydrogen) atoms. The van der Waals surface area contributed by atoms with E-state index in [1.807, 2.05) is 31.3 Å². The van der Waals surface area contributed by atoms with E-state index < -0.39 is 0 Å². The van der Waals surface area contributed by atoms with Crippen LogP contribution in [0.25, 0.3) is 21.5 Å². The maximum atomic E-state index is 12.0. The molecule has 0 aliphatic rings. The number of aromatic nitrogens is 2. The maximum Gasteiger partial charge on any atom is 0.350 e. The minimum absolute atomic E-state index is 0.337. The van der Waals surface area contributed by atoms with Gasteiger partial charge < -0.3 is 9.30 Å². The molecule has 0 fully saturated rings. The molecule has 0 aliphatic carbocycles. The summed E-state index contributed by atoms with van der Waals surface area (Å²) in [7, 11) is 0. The summed E-state index contributed by atoms with van der Waals surface area (Å²) in [6.45, 7) is 4.80. The summed E-state index contributed by atoms with van der Waals surface area (Å²) in [5.41, 5.74) is 3.27. The lowest BCUT2D eigenvalue weighted by Crippen LogP contribution is -2.03. The van der Waals surface area contributed by atoms with Crippen LogP contribution >= 0.6 is 23.1 Å². The second-order valence-corrected chi connectivity index (χ2v) is 7.71. The van der Waals surface area contributed by atoms with Gasteiger partial charge in [-0.05, 0) is 38.3 Å². The second kappa shape index (κ2) is 7.94. The third kappa shape index (κ3) is 3.48. The van der Waals surface area contributed by atoms with E-state index in [4.69, 9.17) is 4.74 Å². The fourth-order valence-electron chi connectivity index (χ4n) is 2.80. The molecule has 2 aromatic heterocycles. The molecule has 5 nitrogen and oxygen atoms in total. The minimum atomic E-state index is -0.337. The van der Waals surface area contributed by atoms with Crippen molar-refractivity contribution in [3.8, 4) is 16.6 Å². The summed E-state index contributed by atoms with van der Waals surface area (Å²) >= 11 is 3.10. The fourth-order valence-corrected chi connectivity index (χ4v) is 4.14. The van der Waals surface area contributed by atoms with E-state index in [0.29, 0.717) is 22.7 Å². The molecule has 3 rings (SSSR count). The molecule has 7 heteroatoms. The lowest BCUT2D eigenvalue weighted by molar-refractivity contribution is 0.0531. The number of benzene rings is 1. The van der Waals surface area contributed by atoms with Gasteiger partial charge in [0.05, 0.1) is 17.9 Å². The Hall–Kier alpha value is -2.30. The molecule has 1 aromatic carbocycles. The first kappa shape index (κ1) is 18.5. The highest BCUT2D eigenvalue weighted by atomic mass is 32.2. The Morgan fingerprint density at radius 3 is 2.96 bits per heavy atom. The summed E-state index contributed by atoms with van der Waals surface area (Å²) in [6, 6.07) is 8.27. The maximum absolute atomic E-state index is 12.0. The third-order valence-electron chi connectivity index (χ3n) is 4.04. The molecule has 134 valence electrons. The van der Waals surface area contributed by atoms with Crippen molar-refractivity contribution >= 4 is 40.0 Å². The van der Waals surface area contributed by atoms with Gasteiger partial charge in [-0.1, -0.05) is 0 Å². The van der Waals surface area contributed by atoms with Crippen LogP contribution in [0.15, 0.2) is 24.4 Å². The number of thioether (sulfide) groups is 1. The number of esters is 1. The zero-order chi connectivity index (χ0) is 18.7. The number of rotatable bonds is 6. The van der Waals surface area contributed by atoms with Gasteiger partial charge in [0.1, 0.15) is 16.0 Å². The lowest BCUT2D eigenvalue weighted by Gasteiger charge is -2.04. The number of nitrogens with zero attached hydrogens (tertiary/aromatic N) is 3. The van der Waals surface area contributed by atoms with Gasteiger partial charge in [0.25, 0.3) is 0 Å². The standard InChI is InChI=1S/C19H19N3O2S2/c1-4-24-19(23)17-12(2)21-18(26-17)13-5-6-16-15(9-13)14(10-20)11-22(16)7-8-25-3/h5-6,9,11H,4,7-8H2,1-3H3. The van der Waals surface area contributed by atoms with Crippen molar-refractivity contribution in [1.29, 1.82) is 5.26 Å². The number of carbonyl (C=O) groups is 1. The van der Waals surface area contributed by atoms with Gasteiger partial charge in [0.15, 0.2) is 0 Å². The zero-order valence-electron chi connectivity index (χ0n) is 14.9. The molecule has 0 bridgehead atoms. The van der Waals surface area contributed by atoms with Crippen molar-refractivity contribution in [3.05, 3.63) is 40.5 Å². The number of ether oxygens (including phenoxy) is 1. The Bertz CT molecular complexity index is 998. The molecule has 0 unspecified atom stereocenters. The molecule has 0 saturated carbocycles. The first-order valence-electron chi connectivity index (χ1n) is 8.25. The van der Waals surface area contributed by atoms with Crippen molar-refractivity contribution in [2.24, 2.45) is 0 Å². The van der Waals surface area contributed by atoms with Crippen molar-refractivity contribution < 1.29 is 9.53 Å². The minimum Gasteiger partial charge on any atom is -0.462 e. The number of thiazole rings is 1. The second-order valence-electron chi connectivity index (χ2n) is 5.73. The molecule has 0 aliphatic heterocycles. The largest absolute Gasteiger partial charge is 0.462 e. The van der Waals surface area contributed by atoms with E-state index in [1.165, 1.54) is 11.3 Å². The van der Waals surface area contributed by atoms with E-state index in [2.05, 4.69) is 21.9 Å². The van der Waals surface area contributed by atoms with Gasteiger partial charge in [-0.15, -0.1) is 11.3 Å². The predicted octanol–water partition coefficient (Wildman–Crippen LogP) is 4.48.